The van der Waals surface area contributed by atoms with Crippen molar-refractivity contribution in [3.63, 3.8) is 0 Å². The summed E-state index contributed by atoms with van der Waals surface area (Å²) in [5.74, 6) is -0.801. The van der Waals surface area contributed by atoms with E-state index in [9.17, 15) is 18.8 Å². The van der Waals surface area contributed by atoms with Gasteiger partial charge < -0.3 is 9.30 Å². The van der Waals surface area contributed by atoms with E-state index >= 15 is 0 Å². The SMILES string of the molecule is Cn1c(=O)c2c(ncn2CC(=O)N(CC2CCCO2)c2nc3c(F)cccc3s2)n(C)c1=O. The Morgan fingerprint density at radius 1 is 1.30 bits per heavy atom. The maximum atomic E-state index is 14.2. The molecular formula is C21H21FN6O4S. The minimum Gasteiger partial charge on any atom is -0.376 e. The third kappa shape index (κ3) is 3.64. The van der Waals surface area contributed by atoms with Crippen LogP contribution in [0.2, 0.25) is 0 Å². The lowest BCUT2D eigenvalue weighted by molar-refractivity contribution is -0.119. The number of benzene rings is 1. The summed E-state index contributed by atoms with van der Waals surface area (Å²) in [6.07, 6.45) is 2.92. The van der Waals surface area contributed by atoms with E-state index in [0.29, 0.717) is 16.4 Å². The summed E-state index contributed by atoms with van der Waals surface area (Å²) in [4.78, 5) is 48.4. The number of rotatable bonds is 5. The molecule has 10 nitrogen and oxygen atoms in total. The Morgan fingerprint density at radius 3 is 2.85 bits per heavy atom. The summed E-state index contributed by atoms with van der Waals surface area (Å²) in [6.45, 7) is 0.690. The fourth-order valence-corrected chi connectivity index (χ4v) is 5.05. The molecule has 0 aliphatic carbocycles. The smallest absolute Gasteiger partial charge is 0.332 e. The fourth-order valence-electron chi connectivity index (χ4n) is 4.05. The second-order valence-electron chi connectivity index (χ2n) is 7.97. The van der Waals surface area contributed by atoms with E-state index in [2.05, 4.69) is 9.97 Å². The number of anilines is 1. The topological polar surface area (TPSA) is 104 Å². The van der Waals surface area contributed by atoms with Gasteiger partial charge in [-0.1, -0.05) is 17.4 Å². The molecule has 0 N–H and O–H groups in total. The average molecular weight is 473 g/mol. The van der Waals surface area contributed by atoms with E-state index in [4.69, 9.17) is 4.74 Å². The van der Waals surface area contributed by atoms with Gasteiger partial charge in [-0.15, -0.1) is 0 Å². The number of carbonyl (C=O) groups excluding carboxylic acids is 1. The quantitative estimate of drug-likeness (QED) is 0.435. The highest BCUT2D eigenvalue weighted by molar-refractivity contribution is 7.22. The van der Waals surface area contributed by atoms with Crippen LogP contribution in [0.15, 0.2) is 34.1 Å². The molecule has 5 rings (SSSR count). The van der Waals surface area contributed by atoms with Crippen molar-refractivity contribution in [3.8, 4) is 0 Å². The molecule has 1 aliphatic heterocycles. The Labute approximate surface area is 190 Å². The first-order valence-electron chi connectivity index (χ1n) is 10.4. The van der Waals surface area contributed by atoms with Gasteiger partial charge in [-0.2, -0.15) is 0 Å². The molecule has 1 aromatic carbocycles. The Bertz CT molecular complexity index is 1500. The van der Waals surface area contributed by atoms with Crippen molar-refractivity contribution >= 4 is 43.8 Å². The van der Waals surface area contributed by atoms with Crippen LogP contribution in [-0.2, 0) is 30.2 Å². The molecule has 3 aromatic heterocycles. The minimum atomic E-state index is -0.536. The zero-order valence-corrected chi connectivity index (χ0v) is 18.8. The Balaban J connectivity index is 1.54. The molecule has 0 bridgehead atoms. The van der Waals surface area contributed by atoms with E-state index in [-0.39, 0.29) is 41.8 Å². The third-order valence-electron chi connectivity index (χ3n) is 5.82. The van der Waals surface area contributed by atoms with Crippen molar-refractivity contribution in [2.24, 2.45) is 14.1 Å². The van der Waals surface area contributed by atoms with E-state index < -0.39 is 17.1 Å². The van der Waals surface area contributed by atoms with Crippen molar-refractivity contribution in [1.82, 2.24) is 23.7 Å². The molecule has 0 spiro atoms. The molecular weight excluding hydrogens is 451 g/mol. The molecule has 1 fully saturated rings. The normalized spacial score (nSPS) is 16.2. The highest BCUT2D eigenvalue weighted by Gasteiger charge is 2.27. The molecule has 33 heavy (non-hydrogen) atoms. The number of nitrogens with zero attached hydrogens (tertiary/aromatic N) is 6. The van der Waals surface area contributed by atoms with Crippen LogP contribution in [0, 0.1) is 5.82 Å². The third-order valence-corrected chi connectivity index (χ3v) is 6.87. The lowest BCUT2D eigenvalue weighted by Crippen LogP contribution is -2.40. The van der Waals surface area contributed by atoms with E-state index in [1.807, 2.05) is 0 Å². The first-order chi connectivity index (χ1) is 15.8. The highest BCUT2D eigenvalue weighted by atomic mass is 32.1. The number of amides is 1. The molecule has 1 unspecified atom stereocenters. The molecule has 0 saturated carbocycles. The van der Waals surface area contributed by atoms with Crippen molar-refractivity contribution < 1.29 is 13.9 Å². The van der Waals surface area contributed by atoms with Gasteiger partial charge in [0.05, 0.1) is 23.7 Å². The maximum Gasteiger partial charge on any atom is 0.332 e. The van der Waals surface area contributed by atoms with Crippen molar-refractivity contribution in [1.29, 1.82) is 0 Å². The van der Waals surface area contributed by atoms with E-state index in [1.54, 1.807) is 12.1 Å². The van der Waals surface area contributed by atoms with Crippen LogP contribution in [0.5, 0.6) is 0 Å². The zero-order chi connectivity index (χ0) is 23.3. The number of fused-ring (bicyclic) bond motifs is 2. The van der Waals surface area contributed by atoms with E-state index in [1.165, 1.54) is 51.9 Å². The second-order valence-corrected chi connectivity index (χ2v) is 8.98. The maximum absolute atomic E-state index is 14.2. The molecule has 1 amide bonds. The lowest BCUT2D eigenvalue weighted by atomic mass is 10.2. The van der Waals surface area contributed by atoms with E-state index in [0.717, 1.165) is 17.4 Å². The number of thiazole rings is 1. The number of halogens is 1. The Hall–Kier alpha value is -3.38. The summed E-state index contributed by atoms with van der Waals surface area (Å²) < 4.78 is 24.3. The van der Waals surface area contributed by atoms with Crippen LogP contribution < -0.4 is 16.1 Å². The number of aryl methyl sites for hydroxylation is 1. The monoisotopic (exact) mass is 472 g/mol. The average Bonchev–Trinajstić information content (AvgIpc) is 3.54. The van der Waals surface area contributed by atoms with Gasteiger partial charge in [0.1, 0.15) is 17.9 Å². The first kappa shape index (κ1) is 21.5. The van der Waals surface area contributed by atoms with Gasteiger partial charge in [-0.05, 0) is 25.0 Å². The predicted octanol–water partition coefficient (Wildman–Crippen LogP) is 1.39. The summed E-state index contributed by atoms with van der Waals surface area (Å²) in [7, 11) is 2.89. The molecule has 1 saturated heterocycles. The van der Waals surface area contributed by atoms with Crippen LogP contribution >= 0.6 is 11.3 Å². The second kappa shape index (κ2) is 8.19. The molecule has 172 valence electrons. The van der Waals surface area contributed by atoms with Gasteiger partial charge in [-0.25, -0.2) is 19.2 Å². The lowest BCUT2D eigenvalue weighted by Gasteiger charge is -2.23. The largest absolute Gasteiger partial charge is 0.376 e. The standard InChI is InChI=1S/C21H21FN6O4S/c1-25-18-17(19(30)26(2)21(25)31)27(11-23-18)10-15(29)28(9-12-5-4-8-32-12)20-24-16-13(22)6-3-7-14(16)33-20/h3,6-7,11-12H,4-5,8-10H2,1-2H3. The zero-order valence-electron chi connectivity index (χ0n) is 18.0. The Morgan fingerprint density at radius 2 is 2.12 bits per heavy atom. The summed E-state index contributed by atoms with van der Waals surface area (Å²) in [6, 6.07) is 4.68. The van der Waals surface area contributed by atoms with Crippen LogP contribution in [0.3, 0.4) is 0 Å². The van der Waals surface area contributed by atoms with Crippen molar-refractivity contribution in [2.75, 3.05) is 18.1 Å². The first-order valence-corrected chi connectivity index (χ1v) is 11.2. The molecule has 12 heteroatoms. The fraction of sp³-hybridized carbons (Fsp3) is 0.381. The van der Waals surface area contributed by atoms with Gasteiger partial charge in [-0.3, -0.25) is 23.6 Å². The van der Waals surface area contributed by atoms with Crippen LogP contribution in [0.1, 0.15) is 12.8 Å². The summed E-state index contributed by atoms with van der Waals surface area (Å²) >= 11 is 1.22. The van der Waals surface area contributed by atoms with Gasteiger partial charge in [0.15, 0.2) is 16.3 Å². The van der Waals surface area contributed by atoms with Crippen LogP contribution in [0.4, 0.5) is 9.52 Å². The molecule has 1 aliphatic rings. The molecule has 4 heterocycles. The number of aromatic nitrogens is 5. The summed E-state index contributed by atoms with van der Waals surface area (Å²) in [5, 5.41) is 0.361. The number of para-hydroxylation sites is 1. The van der Waals surface area contributed by atoms with Crippen LogP contribution in [-0.4, -0.2) is 48.8 Å². The molecule has 4 aromatic rings. The van der Waals surface area contributed by atoms with Gasteiger partial charge in [0.25, 0.3) is 5.56 Å². The number of imidazole rings is 1. The highest BCUT2D eigenvalue weighted by Crippen LogP contribution is 2.31. The van der Waals surface area contributed by atoms with Crippen LogP contribution in [0.25, 0.3) is 21.4 Å². The predicted molar refractivity (Wildman–Crippen MR) is 121 cm³/mol. The van der Waals surface area contributed by atoms with Gasteiger partial charge >= 0.3 is 5.69 Å². The number of ether oxygens (including phenoxy) is 1. The summed E-state index contributed by atoms with van der Waals surface area (Å²) in [5.41, 5.74) is -0.477. The Kier molecular flexibility index (Phi) is 5.33. The number of carbonyl (C=O) groups is 1. The minimum absolute atomic E-state index is 0.153. The van der Waals surface area contributed by atoms with Crippen molar-refractivity contribution in [3.05, 3.63) is 51.2 Å². The molecule has 0 radical (unpaired) electrons. The van der Waals surface area contributed by atoms with Gasteiger partial charge in [0, 0.05) is 20.7 Å². The van der Waals surface area contributed by atoms with Gasteiger partial charge in [0.2, 0.25) is 5.91 Å². The molecule has 1 atom stereocenters. The number of hydrogen-bond acceptors (Lipinski definition) is 7. The number of hydrogen-bond donors (Lipinski definition) is 0. The van der Waals surface area contributed by atoms with Crippen molar-refractivity contribution in [2.45, 2.75) is 25.5 Å².